The number of nitrogens with zero attached hydrogens (tertiary/aromatic N) is 1. The summed E-state index contributed by atoms with van der Waals surface area (Å²) in [6, 6.07) is 19.8. The molecule has 1 heterocycles. The molecular weight excluding hydrogens is 675 g/mol. The van der Waals surface area contributed by atoms with Crippen molar-refractivity contribution in [2.24, 2.45) is 0 Å². The predicted molar refractivity (Wildman–Crippen MR) is 192 cm³/mol. The standard InChI is InChI=1S/C37H47N3O10Si/c1-8-19-48-36(47)40-22-29(50-26(4)42)33(44)34(45)32(40)31(35(46)38-21-25(3)41)39-30(43)20-24(2)23-49-51(37(5,6)7,27-15-11-9-12-16-27)28-17-13-10-14-18-28/h8-18,20,29,33-34,44-45H,1,19,21-23H2,2-7H3,(H,38,46)(H,39,43)/b24-20+,32-31-/t29-,33+,34-/m1/s1. The molecule has 0 spiro atoms. The Bertz CT molecular complexity index is 1610. The van der Waals surface area contributed by atoms with Crippen molar-refractivity contribution in [3.63, 3.8) is 0 Å². The fourth-order valence-electron chi connectivity index (χ4n) is 5.83. The number of piperidine rings is 1. The monoisotopic (exact) mass is 721 g/mol. The Morgan fingerprint density at radius 2 is 1.53 bits per heavy atom. The number of ketones is 1. The zero-order chi connectivity index (χ0) is 37.9. The minimum absolute atomic E-state index is 0.0363. The van der Waals surface area contributed by atoms with Crippen LogP contribution in [0, 0.1) is 0 Å². The van der Waals surface area contributed by atoms with Gasteiger partial charge in [-0.3, -0.25) is 24.1 Å². The molecule has 0 saturated carbocycles. The number of hydrogen-bond donors (Lipinski definition) is 4. The van der Waals surface area contributed by atoms with E-state index in [0.717, 1.165) is 22.2 Å². The average molecular weight is 722 g/mol. The van der Waals surface area contributed by atoms with Crippen molar-refractivity contribution in [2.45, 2.75) is 64.9 Å². The molecular formula is C37H47N3O10Si. The number of hydrogen-bond acceptors (Lipinski definition) is 10. The second-order valence-electron chi connectivity index (χ2n) is 13.1. The van der Waals surface area contributed by atoms with Crippen molar-refractivity contribution >= 4 is 48.4 Å². The van der Waals surface area contributed by atoms with Gasteiger partial charge < -0.3 is 34.7 Å². The fourth-order valence-corrected chi connectivity index (χ4v) is 10.4. The molecule has 51 heavy (non-hydrogen) atoms. The molecule has 0 bridgehead atoms. The highest BCUT2D eigenvalue weighted by Crippen LogP contribution is 2.37. The van der Waals surface area contributed by atoms with E-state index in [-0.39, 0.29) is 18.3 Å². The van der Waals surface area contributed by atoms with Crippen LogP contribution in [0.1, 0.15) is 41.5 Å². The lowest BCUT2D eigenvalue weighted by Gasteiger charge is -2.43. The Hall–Kier alpha value is -4.89. The van der Waals surface area contributed by atoms with Crippen molar-refractivity contribution in [1.82, 2.24) is 15.5 Å². The van der Waals surface area contributed by atoms with Gasteiger partial charge in [0.25, 0.3) is 14.2 Å². The number of aliphatic hydroxyl groups is 2. The van der Waals surface area contributed by atoms with E-state index in [1.165, 1.54) is 19.1 Å². The quantitative estimate of drug-likeness (QED) is 0.103. The highest BCUT2D eigenvalue weighted by atomic mass is 28.4. The van der Waals surface area contributed by atoms with Gasteiger partial charge in [0, 0.05) is 13.0 Å². The zero-order valence-electron chi connectivity index (χ0n) is 29.8. The number of aliphatic hydroxyl groups excluding tert-OH is 2. The van der Waals surface area contributed by atoms with Crippen LogP contribution in [0.25, 0.3) is 0 Å². The number of carbonyl (C=O) groups is 5. The second-order valence-corrected chi connectivity index (χ2v) is 17.4. The minimum Gasteiger partial charge on any atom is -0.458 e. The molecule has 0 aromatic heterocycles. The number of benzene rings is 2. The first-order valence-electron chi connectivity index (χ1n) is 16.4. The van der Waals surface area contributed by atoms with Gasteiger partial charge in [-0.1, -0.05) is 94.1 Å². The number of rotatable bonds is 13. The number of ether oxygens (including phenoxy) is 2. The Morgan fingerprint density at radius 1 is 0.961 bits per heavy atom. The SMILES string of the molecule is C=CCOC(=O)N1C[C@@H](OC(C)=O)[C@H](O)[C@H](O)/C1=C(/NC(=O)/C=C(\C)CO[Si](c1ccccc1)(c1ccccc1)C(C)(C)C)C(=O)NCC(C)=O. The van der Waals surface area contributed by atoms with E-state index in [9.17, 15) is 34.2 Å². The van der Waals surface area contributed by atoms with Gasteiger partial charge in [-0.15, -0.1) is 0 Å². The second kappa shape index (κ2) is 17.9. The van der Waals surface area contributed by atoms with Crippen LogP contribution in [0.15, 0.2) is 96.4 Å². The van der Waals surface area contributed by atoms with Crippen molar-refractivity contribution in [2.75, 3.05) is 26.3 Å². The molecule has 2 aromatic rings. The van der Waals surface area contributed by atoms with Crippen LogP contribution in [0.3, 0.4) is 0 Å². The van der Waals surface area contributed by atoms with Crippen molar-refractivity contribution in [1.29, 1.82) is 0 Å². The molecule has 0 aliphatic carbocycles. The fraction of sp³-hybridized carbons (Fsp3) is 0.378. The van der Waals surface area contributed by atoms with Gasteiger partial charge in [-0.05, 0) is 34.8 Å². The maximum absolute atomic E-state index is 13.6. The number of carbonyl (C=O) groups excluding carboxylic acids is 5. The predicted octanol–water partition coefficient (Wildman–Crippen LogP) is 1.83. The third-order valence-electron chi connectivity index (χ3n) is 8.04. The van der Waals surface area contributed by atoms with E-state index in [1.54, 1.807) is 6.92 Å². The summed E-state index contributed by atoms with van der Waals surface area (Å²) in [5, 5.41) is 28.6. The van der Waals surface area contributed by atoms with Crippen molar-refractivity contribution in [3.8, 4) is 0 Å². The molecule has 13 nitrogen and oxygen atoms in total. The van der Waals surface area contributed by atoms with E-state index in [4.69, 9.17) is 13.9 Å². The Morgan fingerprint density at radius 3 is 2.02 bits per heavy atom. The Balaban J connectivity index is 2.05. The summed E-state index contributed by atoms with van der Waals surface area (Å²) in [6.07, 6.45) is -3.84. The lowest BCUT2D eigenvalue weighted by Crippen LogP contribution is -2.66. The topological polar surface area (TPSA) is 181 Å². The molecule has 3 rings (SSSR count). The lowest BCUT2D eigenvalue weighted by atomic mass is 9.96. The summed E-state index contributed by atoms with van der Waals surface area (Å²) >= 11 is 0. The van der Waals surface area contributed by atoms with Gasteiger partial charge in [0.1, 0.15) is 36.4 Å². The van der Waals surface area contributed by atoms with Crippen LogP contribution in [-0.2, 0) is 33.1 Å². The largest absolute Gasteiger partial charge is 0.458 e. The first-order chi connectivity index (χ1) is 24.0. The molecule has 1 aliphatic rings. The number of nitrogens with one attached hydrogen (secondary N) is 2. The Labute approximate surface area is 299 Å². The smallest absolute Gasteiger partial charge is 0.414 e. The van der Waals surface area contributed by atoms with Gasteiger partial charge in [0.05, 0.1) is 25.4 Å². The molecule has 3 amide bonds. The summed E-state index contributed by atoms with van der Waals surface area (Å²) in [5.41, 5.74) is -0.694. The van der Waals surface area contributed by atoms with Crippen LogP contribution in [0.5, 0.6) is 0 Å². The lowest BCUT2D eigenvalue weighted by molar-refractivity contribution is -0.162. The van der Waals surface area contributed by atoms with Gasteiger partial charge >= 0.3 is 12.1 Å². The van der Waals surface area contributed by atoms with E-state index in [1.807, 2.05) is 60.7 Å². The number of Topliss-reactive ketones (excluding diaryl/α,β-unsaturated/α-hetero) is 1. The van der Waals surface area contributed by atoms with E-state index >= 15 is 0 Å². The molecule has 4 N–H and O–H groups in total. The van der Waals surface area contributed by atoms with Gasteiger partial charge in [-0.2, -0.15) is 0 Å². The Kier molecular flexibility index (Phi) is 14.2. The molecule has 274 valence electrons. The minimum atomic E-state index is -2.97. The summed E-state index contributed by atoms with van der Waals surface area (Å²) in [5.74, 6) is -3.09. The normalized spacial score (nSPS) is 19.0. The molecule has 1 aliphatic heterocycles. The first kappa shape index (κ1) is 40.5. The zero-order valence-corrected chi connectivity index (χ0v) is 30.8. The highest BCUT2D eigenvalue weighted by molar-refractivity contribution is 6.99. The number of esters is 1. The van der Waals surface area contributed by atoms with Gasteiger partial charge in [0.15, 0.2) is 0 Å². The molecule has 1 saturated heterocycles. The third-order valence-corrected chi connectivity index (χ3v) is 13.0. The van der Waals surface area contributed by atoms with E-state index in [0.29, 0.717) is 5.57 Å². The summed E-state index contributed by atoms with van der Waals surface area (Å²) in [7, 11) is -2.97. The highest BCUT2D eigenvalue weighted by Gasteiger charge is 2.50. The van der Waals surface area contributed by atoms with Crippen LogP contribution in [-0.4, -0.2) is 97.7 Å². The van der Waals surface area contributed by atoms with E-state index in [2.05, 4.69) is 38.0 Å². The first-order valence-corrected chi connectivity index (χ1v) is 18.3. The molecule has 0 unspecified atom stereocenters. The number of likely N-dealkylation sites (tertiary alicyclic amines) is 1. The molecule has 3 atom stereocenters. The molecule has 0 radical (unpaired) electrons. The molecule has 2 aromatic carbocycles. The molecule has 1 fully saturated rings. The number of amides is 3. The maximum atomic E-state index is 13.6. The maximum Gasteiger partial charge on any atom is 0.414 e. The van der Waals surface area contributed by atoms with Crippen LogP contribution in [0.2, 0.25) is 5.04 Å². The van der Waals surface area contributed by atoms with Gasteiger partial charge in [0.2, 0.25) is 5.91 Å². The van der Waals surface area contributed by atoms with Crippen LogP contribution in [0.4, 0.5) is 4.79 Å². The van der Waals surface area contributed by atoms with Crippen molar-refractivity contribution in [3.05, 3.63) is 96.4 Å². The average Bonchev–Trinajstić information content (AvgIpc) is 3.07. The van der Waals surface area contributed by atoms with Crippen molar-refractivity contribution < 1.29 is 48.1 Å². The van der Waals surface area contributed by atoms with Gasteiger partial charge in [-0.25, -0.2) is 4.79 Å². The third kappa shape index (κ3) is 10.1. The summed E-state index contributed by atoms with van der Waals surface area (Å²) in [4.78, 5) is 64.5. The molecule has 14 heteroatoms. The summed E-state index contributed by atoms with van der Waals surface area (Å²) in [6.45, 7) is 12.6. The summed E-state index contributed by atoms with van der Waals surface area (Å²) < 4.78 is 17.1. The van der Waals surface area contributed by atoms with Crippen LogP contribution < -0.4 is 21.0 Å². The van der Waals surface area contributed by atoms with E-state index < -0.39 is 80.8 Å². The van der Waals surface area contributed by atoms with Crippen LogP contribution >= 0.6 is 0 Å².